The fourth-order valence-corrected chi connectivity index (χ4v) is 2.64. The lowest BCUT2D eigenvalue weighted by Gasteiger charge is -2.11. The van der Waals surface area contributed by atoms with Crippen molar-refractivity contribution >= 4 is 11.6 Å². The van der Waals surface area contributed by atoms with Gasteiger partial charge in [0, 0.05) is 23.1 Å². The first-order valence-electron chi connectivity index (χ1n) is 8.43. The number of amides is 1. The molecule has 3 aromatic rings. The topological polar surface area (TPSA) is 72.9 Å². The number of anilines is 1. The van der Waals surface area contributed by atoms with Gasteiger partial charge >= 0.3 is 12.4 Å². The number of halogens is 6. The van der Waals surface area contributed by atoms with Gasteiger partial charge in [-0.1, -0.05) is 12.1 Å². The minimum absolute atomic E-state index is 0.0685. The zero-order chi connectivity index (χ0) is 22.1. The molecule has 1 amide bonds. The third kappa shape index (κ3) is 4.62. The molecule has 0 spiro atoms. The molecule has 0 fully saturated rings. The number of alkyl halides is 6. The highest BCUT2D eigenvalue weighted by Crippen LogP contribution is 2.34. The lowest BCUT2D eigenvalue weighted by Crippen LogP contribution is -2.21. The molecule has 5 nitrogen and oxygen atoms in total. The molecule has 0 saturated heterocycles. The Morgan fingerprint density at radius 1 is 0.933 bits per heavy atom. The Morgan fingerprint density at radius 3 is 2.03 bits per heavy atom. The molecular formula is C19H14F6N4O. The van der Waals surface area contributed by atoms with E-state index in [9.17, 15) is 31.1 Å². The van der Waals surface area contributed by atoms with Crippen molar-refractivity contribution in [1.29, 1.82) is 0 Å². The molecule has 0 aliphatic carbocycles. The highest BCUT2D eigenvalue weighted by atomic mass is 19.4. The molecule has 0 saturated carbocycles. The number of hydrogen-bond donors (Lipinski definition) is 2. The van der Waals surface area contributed by atoms with E-state index < -0.39 is 29.5 Å². The van der Waals surface area contributed by atoms with Crippen LogP contribution in [0.5, 0.6) is 0 Å². The summed E-state index contributed by atoms with van der Waals surface area (Å²) in [5.41, 5.74) is 3.79. The maximum absolute atomic E-state index is 13.2. The molecule has 3 N–H and O–H groups in total. The number of imidazole rings is 1. The molecule has 2 aromatic carbocycles. The number of carbonyl (C=O) groups excluding carboxylic acids is 1. The molecule has 0 unspecified atom stereocenters. The van der Waals surface area contributed by atoms with E-state index >= 15 is 0 Å². The first-order valence-corrected chi connectivity index (χ1v) is 8.43. The van der Waals surface area contributed by atoms with E-state index in [1.54, 1.807) is 0 Å². The van der Waals surface area contributed by atoms with Gasteiger partial charge in [0.1, 0.15) is 5.82 Å². The summed E-state index contributed by atoms with van der Waals surface area (Å²) in [4.78, 5) is 14.9. The highest BCUT2D eigenvalue weighted by Gasteiger charge is 2.35. The van der Waals surface area contributed by atoms with Gasteiger partial charge in [-0.3, -0.25) is 9.36 Å². The monoisotopic (exact) mass is 428 g/mol. The van der Waals surface area contributed by atoms with Crippen molar-refractivity contribution < 1.29 is 31.1 Å². The summed E-state index contributed by atoms with van der Waals surface area (Å²) in [6, 6.07) is 9.41. The number of hydrogen-bond acceptors (Lipinski definition) is 3. The lowest BCUT2D eigenvalue weighted by atomic mass is 10.1. The van der Waals surface area contributed by atoms with Gasteiger partial charge in [0.15, 0.2) is 5.69 Å². The number of rotatable bonds is 4. The number of aromatic nitrogens is 2. The minimum Gasteiger partial charge on any atom is -0.325 e. The van der Waals surface area contributed by atoms with Crippen LogP contribution in [0.25, 0.3) is 17.1 Å². The second-order valence-corrected chi connectivity index (χ2v) is 6.19. The predicted molar refractivity (Wildman–Crippen MR) is 96.7 cm³/mol. The fourth-order valence-electron chi connectivity index (χ4n) is 2.64. The van der Waals surface area contributed by atoms with Gasteiger partial charge in [0.05, 0.1) is 12.1 Å². The Morgan fingerprint density at radius 2 is 1.53 bits per heavy atom. The van der Waals surface area contributed by atoms with Gasteiger partial charge in [0.25, 0.3) is 0 Å². The molecule has 0 aliphatic heterocycles. The van der Waals surface area contributed by atoms with Crippen LogP contribution in [0.2, 0.25) is 0 Å². The summed E-state index contributed by atoms with van der Waals surface area (Å²) < 4.78 is 79.0. The van der Waals surface area contributed by atoms with Crippen molar-refractivity contribution in [2.75, 3.05) is 11.9 Å². The average molecular weight is 428 g/mol. The van der Waals surface area contributed by atoms with Crippen molar-refractivity contribution in [2.24, 2.45) is 5.73 Å². The Labute approximate surface area is 166 Å². The van der Waals surface area contributed by atoms with Crippen molar-refractivity contribution in [2.45, 2.75) is 12.4 Å². The predicted octanol–water partition coefficient (Wildman–Crippen LogP) is 4.47. The summed E-state index contributed by atoms with van der Waals surface area (Å²) in [7, 11) is 0. The van der Waals surface area contributed by atoms with Crippen LogP contribution in [0.1, 0.15) is 11.3 Å². The van der Waals surface area contributed by atoms with Gasteiger partial charge in [-0.05, 0) is 36.4 Å². The number of benzene rings is 2. The molecule has 11 heteroatoms. The van der Waals surface area contributed by atoms with Gasteiger partial charge in [0.2, 0.25) is 5.91 Å². The lowest BCUT2D eigenvalue weighted by molar-refractivity contribution is -0.141. The number of carbonyl (C=O) groups is 1. The molecule has 0 bridgehead atoms. The molecule has 0 aliphatic rings. The molecule has 3 rings (SSSR count). The van der Waals surface area contributed by atoms with E-state index in [2.05, 4.69) is 10.3 Å². The summed E-state index contributed by atoms with van der Waals surface area (Å²) in [6.45, 7) is -0.240. The summed E-state index contributed by atoms with van der Waals surface area (Å²) in [5, 5.41) is 2.49. The molecule has 1 heterocycles. The maximum Gasteiger partial charge on any atom is 0.434 e. The number of nitrogens with two attached hydrogens (primary N) is 1. The highest BCUT2D eigenvalue weighted by molar-refractivity contribution is 5.92. The zero-order valence-corrected chi connectivity index (χ0v) is 15.1. The second kappa shape index (κ2) is 7.82. The molecule has 1 aromatic heterocycles. The van der Waals surface area contributed by atoms with Crippen molar-refractivity contribution in [3.8, 4) is 17.1 Å². The van der Waals surface area contributed by atoms with Gasteiger partial charge in [-0.15, -0.1) is 0 Å². The summed E-state index contributed by atoms with van der Waals surface area (Å²) in [5.74, 6) is -0.634. The fraction of sp³-hybridized carbons (Fsp3) is 0.158. The summed E-state index contributed by atoms with van der Waals surface area (Å²) >= 11 is 0. The molecular weight excluding hydrogens is 414 g/mol. The van der Waals surface area contributed by atoms with Crippen LogP contribution >= 0.6 is 0 Å². The van der Waals surface area contributed by atoms with Crippen LogP contribution in [-0.4, -0.2) is 22.0 Å². The smallest absolute Gasteiger partial charge is 0.325 e. The molecule has 30 heavy (non-hydrogen) atoms. The Hall–Kier alpha value is -3.34. The van der Waals surface area contributed by atoms with Crippen molar-refractivity contribution in [3.05, 3.63) is 66.0 Å². The quantitative estimate of drug-likeness (QED) is 0.602. The average Bonchev–Trinajstić information content (AvgIpc) is 3.14. The van der Waals surface area contributed by atoms with E-state index in [1.807, 2.05) is 0 Å². The van der Waals surface area contributed by atoms with Crippen LogP contribution in [0.4, 0.5) is 32.0 Å². The van der Waals surface area contributed by atoms with Crippen LogP contribution < -0.4 is 11.1 Å². The van der Waals surface area contributed by atoms with Crippen LogP contribution in [-0.2, 0) is 17.1 Å². The van der Waals surface area contributed by atoms with Crippen molar-refractivity contribution in [1.82, 2.24) is 9.55 Å². The van der Waals surface area contributed by atoms with Crippen LogP contribution in [0, 0.1) is 0 Å². The van der Waals surface area contributed by atoms with Gasteiger partial charge in [-0.25, -0.2) is 4.98 Å². The molecule has 158 valence electrons. The zero-order valence-electron chi connectivity index (χ0n) is 15.1. The molecule has 0 radical (unpaired) electrons. The molecule has 0 atom stereocenters. The standard InChI is InChI=1S/C19H14F6N4O/c20-18(21,22)12-3-1-11(2-4-12)17-28-15(19(23,24)25)10-29(17)14-7-5-13(6-8-14)27-16(30)9-26/h1-8,10H,9,26H2,(H,27,30). The largest absolute Gasteiger partial charge is 0.434 e. The van der Waals surface area contributed by atoms with Crippen LogP contribution in [0.3, 0.4) is 0 Å². The minimum atomic E-state index is -4.75. The van der Waals surface area contributed by atoms with E-state index in [0.29, 0.717) is 5.69 Å². The maximum atomic E-state index is 13.2. The third-order valence-corrected chi connectivity index (χ3v) is 4.08. The van der Waals surface area contributed by atoms with E-state index in [4.69, 9.17) is 5.73 Å². The second-order valence-electron chi connectivity index (χ2n) is 6.19. The normalized spacial score (nSPS) is 12.1. The van der Waals surface area contributed by atoms with E-state index in [-0.39, 0.29) is 23.6 Å². The van der Waals surface area contributed by atoms with Gasteiger partial charge in [-0.2, -0.15) is 26.3 Å². The summed E-state index contributed by atoms with van der Waals surface area (Å²) in [6.07, 6.45) is -8.57. The van der Waals surface area contributed by atoms with Gasteiger partial charge < -0.3 is 11.1 Å². The first-order chi connectivity index (χ1) is 14.0. The Balaban J connectivity index is 2.04. The number of nitrogens with one attached hydrogen (secondary N) is 1. The third-order valence-electron chi connectivity index (χ3n) is 4.08. The van der Waals surface area contributed by atoms with Crippen molar-refractivity contribution in [3.63, 3.8) is 0 Å². The van der Waals surface area contributed by atoms with E-state index in [0.717, 1.165) is 35.0 Å². The Kier molecular flexibility index (Phi) is 5.57. The van der Waals surface area contributed by atoms with Crippen LogP contribution in [0.15, 0.2) is 54.7 Å². The SMILES string of the molecule is NCC(=O)Nc1ccc(-n2cc(C(F)(F)F)nc2-c2ccc(C(F)(F)F)cc2)cc1. The first kappa shape index (κ1) is 21.4. The van der Waals surface area contributed by atoms with E-state index in [1.165, 1.54) is 24.3 Å². The number of nitrogens with zero attached hydrogens (tertiary/aromatic N) is 2. The Bertz CT molecular complexity index is 1040.